The summed E-state index contributed by atoms with van der Waals surface area (Å²) >= 11 is 0. The molecule has 1 amide bonds. The number of aromatic nitrogens is 1. The molecule has 152 valence electrons. The molecule has 2 aliphatic heterocycles. The number of carbonyl (C=O) groups excluding carboxylic acids is 1. The molecule has 6 heteroatoms. The fraction of sp³-hybridized carbons (Fsp3) is 0.478. The quantitative estimate of drug-likeness (QED) is 0.849. The minimum absolute atomic E-state index is 0.0769. The topological polar surface area (TPSA) is 70.3 Å². The molecular weight excluding hydrogens is 364 g/mol. The van der Waals surface area contributed by atoms with Crippen LogP contribution in [0.3, 0.4) is 0 Å². The monoisotopic (exact) mass is 392 g/mol. The summed E-state index contributed by atoms with van der Waals surface area (Å²) in [5.74, 6) is 0.535. The van der Waals surface area contributed by atoms with E-state index in [-0.39, 0.29) is 12.0 Å². The molecule has 2 aliphatic rings. The molecule has 0 spiro atoms. The first-order valence-corrected chi connectivity index (χ1v) is 10.4. The van der Waals surface area contributed by atoms with Gasteiger partial charge in [0.15, 0.2) is 0 Å². The van der Waals surface area contributed by atoms with Crippen molar-refractivity contribution >= 4 is 11.7 Å². The lowest BCUT2D eigenvalue weighted by Gasteiger charge is -2.28. The Morgan fingerprint density at radius 2 is 2.10 bits per heavy atom. The van der Waals surface area contributed by atoms with E-state index < -0.39 is 0 Å². The van der Waals surface area contributed by atoms with Crippen LogP contribution in [0.4, 0.5) is 5.82 Å². The first-order chi connectivity index (χ1) is 14.1. The highest BCUT2D eigenvalue weighted by Crippen LogP contribution is 2.28. The van der Waals surface area contributed by atoms with E-state index in [0.717, 1.165) is 50.2 Å². The van der Waals surface area contributed by atoms with Crippen molar-refractivity contribution in [3.05, 3.63) is 52.2 Å². The predicted molar refractivity (Wildman–Crippen MR) is 112 cm³/mol. The highest BCUT2D eigenvalue weighted by Gasteiger charge is 2.25. The molecule has 29 heavy (non-hydrogen) atoms. The fourth-order valence-electron chi connectivity index (χ4n) is 4.41. The molecule has 0 radical (unpaired) electrons. The van der Waals surface area contributed by atoms with Crippen molar-refractivity contribution in [2.24, 2.45) is 0 Å². The largest absolute Gasteiger partial charge is 0.376 e. The van der Waals surface area contributed by atoms with Gasteiger partial charge in [0, 0.05) is 25.4 Å². The average Bonchev–Trinajstić information content (AvgIpc) is 3.31. The lowest BCUT2D eigenvalue weighted by atomic mass is 10.00. The van der Waals surface area contributed by atoms with Crippen molar-refractivity contribution < 1.29 is 9.53 Å². The van der Waals surface area contributed by atoms with E-state index in [4.69, 9.17) is 4.74 Å². The van der Waals surface area contributed by atoms with Gasteiger partial charge in [-0.1, -0.05) is 24.3 Å². The highest BCUT2D eigenvalue weighted by atomic mass is 16.5. The molecule has 1 atom stereocenters. The van der Waals surface area contributed by atoms with E-state index in [9.17, 15) is 10.1 Å². The maximum absolute atomic E-state index is 12.9. The summed E-state index contributed by atoms with van der Waals surface area (Å²) in [5, 5.41) is 12.7. The van der Waals surface area contributed by atoms with Gasteiger partial charge in [0.1, 0.15) is 11.9 Å². The van der Waals surface area contributed by atoms with Crippen LogP contribution in [0.5, 0.6) is 0 Å². The molecular formula is C23H28N4O2. The highest BCUT2D eigenvalue weighted by molar-refractivity contribution is 5.93. The number of nitrogens with zero attached hydrogens (tertiary/aromatic N) is 3. The second kappa shape index (κ2) is 8.40. The fourth-order valence-corrected chi connectivity index (χ4v) is 4.41. The zero-order valence-corrected chi connectivity index (χ0v) is 17.2. The third kappa shape index (κ3) is 4.07. The minimum Gasteiger partial charge on any atom is -0.376 e. The summed E-state index contributed by atoms with van der Waals surface area (Å²) in [4.78, 5) is 15.0. The molecule has 0 aliphatic carbocycles. The zero-order chi connectivity index (χ0) is 20.4. The van der Waals surface area contributed by atoms with Crippen molar-refractivity contribution in [3.8, 4) is 6.07 Å². The van der Waals surface area contributed by atoms with Gasteiger partial charge in [-0.25, -0.2) is 0 Å². The molecule has 2 aromatic rings. The van der Waals surface area contributed by atoms with E-state index in [0.29, 0.717) is 24.5 Å². The summed E-state index contributed by atoms with van der Waals surface area (Å²) in [6, 6.07) is 10.7. The van der Waals surface area contributed by atoms with Gasteiger partial charge in [-0.15, -0.1) is 0 Å². The maximum Gasteiger partial charge on any atom is 0.239 e. The first kappa shape index (κ1) is 19.7. The van der Waals surface area contributed by atoms with Crippen LogP contribution in [0.15, 0.2) is 24.3 Å². The predicted octanol–water partition coefficient (Wildman–Crippen LogP) is 3.15. The van der Waals surface area contributed by atoms with Crippen LogP contribution in [-0.4, -0.2) is 41.2 Å². The molecule has 0 saturated carbocycles. The average molecular weight is 393 g/mol. The third-order valence-electron chi connectivity index (χ3n) is 6.19. The molecule has 1 aromatic carbocycles. The molecule has 1 aromatic heterocycles. The van der Waals surface area contributed by atoms with Crippen LogP contribution in [0, 0.1) is 25.2 Å². The van der Waals surface area contributed by atoms with E-state index >= 15 is 0 Å². The van der Waals surface area contributed by atoms with Gasteiger partial charge >= 0.3 is 0 Å². The van der Waals surface area contributed by atoms with Crippen LogP contribution < -0.4 is 5.32 Å². The number of carbonyl (C=O) groups is 1. The molecule has 1 fully saturated rings. The minimum atomic E-state index is -0.0769. The van der Waals surface area contributed by atoms with Gasteiger partial charge in [0.25, 0.3) is 0 Å². The summed E-state index contributed by atoms with van der Waals surface area (Å²) in [7, 11) is 0. The Morgan fingerprint density at radius 3 is 2.83 bits per heavy atom. The number of rotatable bonds is 5. The Kier molecular flexibility index (Phi) is 5.70. The normalized spacial score (nSPS) is 19.0. The molecule has 1 saturated heterocycles. The number of hydrogen-bond acceptors (Lipinski definition) is 4. The van der Waals surface area contributed by atoms with Crippen molar-refractivity contribution in [1.82, 2.24) is 9.47 Å². The molecule has 0 unspecified atom stereocenters. The number of amides is 1. The summed E-state index contributed by atoms with van der Waals surface area (Å²) in [5.41, 5.74) is 5.15. The Balaban J connectivity index is 1.49. The number of ether oxygens (including phenoxy) is 1. The van der Waals surface area contributed by atoms with Gasteiger partial charge < -0.3 is 14.6 Å². The smallest absolute Gasteiger partial charge is 0.239 e. The van der Waals surface area contributed by atoms with Gasteiger partial charge in [0.05, 0.1) is 24.8 Å². The van der Waals surface area contributed by atoms with Gasteiger partial charge in [-0.05, 0) is 49.8 Å². The maximum atomic E-state index is 12.9. The zero-order valence-electron chi connectivity index (χ0n) is 17.2. The van der Waals surface area contributed by atoms with Gasteiger partial charge in [0.2, 0.25) is 5.91 Å². The van der Waals surface area contributed by atoms with E-state index in [2.05, 4.69) is 34.5 Å². The molecule has 3 heterocycles. The molecule has 6 nitrogen and oxygen atoms in total. The van der Waals surface area contributed by atoms with E-state index in [1.54, 1.807) is 0 Å². The standard InChI is InChI=1S/C23H28N4O2/c1-16-17(2)27(14-20-8-5-11-29-20)23(21(16)12-24)25-22(28)15-26-10-9-18-6-3-4-7-19(18)13-26/h3-4,6-7,20H,5,8-11,13-15H2,1-2H3,(H,25,28)/t20-/m0/s1. The number of fused-ring (bicyclic) bond motifs is 1. The number of nitrogens with one attached hydrogen (secondary N) is 1. The van der Waals surface area contributed by atoms with Gasteiger partial charge in [-0.3, -0.25) is 9.69 Å². The van der Waals surface area contributed by atoms with Crippen molar-refractivity contribution in [2.45, 2.75) is 52.3 Å². The second-order valence-corrected chi connectivity index (χ2v) is 8.07. The lowest BCUT2D eigenvalue weighted by Crippen LogP contribution is -2.37. The van der Waals surface area contributed by atoms with Crippen molar-refractivity contribution in [1.29, 1.82) is 5.26 Å². The molecule has 1 N–H and O–H groups in total. The van der Waals surface area contributed by atoms with Crippen molar-refractivity contribution in [2.75, 3.05) is 25.0 Å². The van der Waals surface area contributed by atoms with Crippen LogP contribution in [0.25, 0.3) is 0 Å². The lowest BCUT2D eigenvalue weighted by molar-refractivity contribution is -0.117. The number of hydrogen-bond donors (Lipinski definition) is 1. The summed E-state index contributed by atoms with van der Waals surface area (Å²) < 4.78 is 7.83. The Labute approximate surface area is 172 Å². The van der Waals surface area contributed by atoms with Crippen LogP contribution >= 0.6 is 0 Å². The van der Waals surface area contributed by atoms with Crippen LogP contribution in [0.1, 0.15) is 40.8 Å². The molecule has 0 bridgehead atoms. The first-order valence-electron chi connectivity index (χ1n) is 10.4. The van der Waals surface area contributed by atoms with Crippen LogP contribution in [-0.2, 0) is 29.0 Å². The SMILES string of the molecule is Cc1c(C#N)c(NC(=O)CN2CCc3ccccc3C2)n(C[C@@H]2CCCO2)c1C. The van der Waals surface area contributed by atoms with E-state index in [1.807, 2.05) is 24.5 Å². The van der Waals surface area contributed by atoms with Gasteiger partial charge in [-0.2, -0.15) is 5.26 Å². The summed E-state index contributed by atoms with van der Waals surface area (Å²) in [6.07, 6.45) is 3.17. The van der Waals surface area contributed by atoms with Crippen LogP contribution in [0.2, 0.25) is 0 Å². The van der Waals surface area contributed by atoms with E-state index in [1.165, 1.54) is 11.1 Å². The molecule has 4 rings (SSSR count). The number of benzene rings is 1. The summed E-state index contributed by atoms with van der Waals surface area (Å²) in [6.45, 7) is 7.37. The van der Waals surface area contributed by atoms with Crippen molar-refractivity contribution in [3.63, 3.8) is 0 Å². The Morgan fingerprint density at radius 1 is 1.31 bits per heavy atom. The Bertz CT molecular complexity index is 951. The number of anilines is 1. The second-order valence-electron chi connectivity index (χ2n) is 8.07. The Hall–Kier alpha value is -2.62. The third-order valence-corrected chi connectivity index (χ3v) is 6.19. The number of nitriles is 1.